The average molecular weight is 275 g/mol. The van der Waals surface area contributed by atoms with Crippen molar-refractivity contribution in [1.82, 2.24) is 0 Å². The first kappa shape index (κ1) is 12.7. The number of alkyl halides is 3. The highest BCUT2D eigenvalue weighted by atomic mass is 35.5. The number of aldehydes is 1. The molecule has 0 N–H and O–H groups in total. The lowest BCUT2D eigenvalue weighted by Crippen LogP contribution is -2.04. The van der Waals surface area contributed by atoms with Crippen LogP contribution < -0.4 is 0 Å². The SMILES string of the molecule is O=Cc1ccc(-c2ccc(C(F)(F)F)cc2Cl)o1. The molecular weight excluding hydrogens is 269 g/mol. The molecule has 2 nitrogen and oxygen atoms in total. The average Bonchev–Trinajstić information content (AvgIpc) is 2.76. The van der Waals surface area contributed by atoms with Gasteiger partial charge in [-0.1, -0.05) is 11.6 Å². The van der Waals surface area contributed by atoms with Crippen molar-refractivity contribution < 1.29 is 22.4 Å². The topological polar surface area (TPSA) is 30.2 Å². The second kappa shape index (κ2) is 4.49. The maximum atomic E-state index is 12.4. The molecule has 18 heavy (non-hydrogen) atoms. The Balaban J connectivity index is 2.44. The minimum absolute atomic E-state index is 0.0842. The Morgan fingerprint density at radius 2 is 1.89 bits per heavy atom. The van der Waals surface area contributed by atoms with E-state index in [1.807, 2.05) is 0 Å². The third kappa shape index (κ3) is 2.41. The Morgan fingerprint density at radius 1 is 1.17 bits per heavy atom. The first-order valence-electron chi connectivity index (χ1n) is 4.84. The molecule has 6 heteroatoms. The van der Waals surface area contributed by atoms with E-state index in [2.05, 4.69) is 0 Å². The molecule has 0 unspecified atom stereocenters. The highest BCUT2D eigenvalue weighted by Crippen LogP contribution is 2.35. The summed E-state index contributed by atoms with van der Waals surface area (Å²) in [5, 5.41) is -0.0865. The molecule has 0 aliphatic heterocycles. The Kier molecular flexibility index (Phi) is 3.17. The highest BCUT2D eigenvalue weighted by Gasteiger charge is 2.31. The summed E-state index contributed by atoms with van der Waals surface area (Å²) in [6.07, 6.45) is -3.94. The summed E-state index contributed by atoms with van der Waals surface area (Å²) in [6, 6.07) is 5.82. The largest absolute Gasteiger partial charge is 0.453 e. The maximum Gasteiger partial charge on any atom is 0.416 e. The van der Waals surface area contributed by atoms with Crippen LogP contribution in [0.5, 0.6) is 0 Å². The maximum absolute atomic E-state index is 12.4. The van der Waals surface area contributed by atoms with Gasteiger partial charge in [-0.3, -0.25) is 4.79 Å². The number of hydrogen-bond acceptors (Lipinski definition) is 2. The summed E-state index contributed by atoms with van der Waals surface area (Å²) in [7, 11) is 0. The van der Waals surface area contributed by atoms with E-state index in [-0.39, 0.29) is 16.5 Å². The third-order valence-corrected chi connectivity index (χ3v) is 2.62. The predicted octanol–water partition coefficient (Wildman–Crippen LogP) is 4.43. The quantitative estimate of drug-likeness (QED) is 0.758. The number of halogens is 4. The fourth-order valence-electron chi connectivity index (χ4n) is 1.45. The van der Waals surface area contributed by atoms with Crippen LogP contribution in [0.2, 0.25) is 5.02 Å². The Labute approximate surface area is 105 Å². The molecule has 0 aliphatic carbocycles. The van der Waals surface area contributed by atoms with Gasteiger partial charge in [0.1, 0.15) is 5.76 Å². The zero-order chi connectivity index (χ0) is 13.3. The van der Waals surface area contributed by atoms with Crippen LogP contribution >= 0.6 is 11.6 Å². The standard InChI is InChI=1S/C12H6ClF3O2/c13-10-5-7(12(14,15)16)1-3-9(10)11-4-2-8(6-17)18-11/h1-6H. The number of hydrogen-bond donors (Lipinski definition) is 0. The van der Waals surface area contributed by atoms with Crippen LogP contribution in [0.1, 0.15) is 16.1 Å². The van der Waals surface area contributed by atoms with Gasteiger partial charge in [-0.15, -0.1) is 0 Å². The van der Waals surface area contributed by atoms with E-state index in [0.29, 0.717) is 11.8 Å². The first-order valence-corrected chi connectivity index (χ1v) is 5.22. The van der Waals surface area contributed by atoms with Crippen molar-refractivity contribution in [3.05, 3.63) is 46.7 Å². The summed E-state index contributed by atoms with van der Waals surface area (Å²) in [5.74, 6) is 0.330. The Hall–Kier alpha value is -1.75. The van der Waals surface area contributed by atoms with E-state index in [1.165, 1.54) is 18.2 Å². The van der Waals surface area contributed by atoms with E-state index in [9.17, 15) is 18.0 Å². The molecule has 0 fully saturated rings. The number of rotatable bonds is 2. The van der Waals surface area contributed by atoms with Gasteiger partial charge in [-0.2, -0.15) is 13.2 Å². The van der Waals surface area contributed by atoms with Gasteiger partial charge in [0, 0.05) is 5.56 Å². The van der Waals surface area contributed by atoms with E-state index in [0.717, 1.165) is 12.1 Å². The summed E-state index contributed by atoms with van der Waals surface area (Å²) < 4.78 is 42.4. The molecule has 2 aromatic rings. The summed E-state index contributed by atoms with van der Waals surface area (Å²) >= 11 is 5.77. The minimum Gasteiger partial charge on any atom is -0.453 e. The van der Waals surface area contributed by atoms with Crippen molar-refractivity contribution >= 4 is 17.9 Å². The van der Waals surface area contributed by atoms with Crippen molar-refractivity contribution in [2.75, 3.05) is 0 Å². The van der Waals surface area contributed by atoms with Gasteiger partial charge in [-0.25, -0.2) is 0 Å². The Morgan fingerprint density at radius 3 is 2.39 bits per heavy atom. The number of carbonyl (C=O) groups excluding carboxylic acids is 1. The second-order valence-corrected chi connectivity index (χ2v) is 3.92. The number of carbonyl (C=O) groups is 1. The molecule has 1 aromatic carbocycles. The van der Waals surface area contributed by atoms with Crippen LogP contribution in [-0.4, -0.2) is 6.29 Å². The molecule has 0 atom stereocenters. The van der Waals surface area contributed by atoms with Crippen LogP contribution in [0.3, 0.4) is 0 Å². The lowest BCUT2D eigenvalue weighted by molar-refractivity contribution is -0.137. The van der Waals surface area contributed by atoms with Gasteiger partial charge < -0.3 is 4.42 Å². The molecule has 1 heterocycles. The van der Waals surface area contributed by atoms with Crippen LogP contribution in [-0.2, 0) is 6.18 Å². The zero-order valence-electron chi connectivity index (χ0n) is 8.79. The molecule has 0 bridgehead atoms. The minimum atomic E-state index is -4.45. The molecule has 0 aliphatic rings. The summed E-state index contributed by atoms with van der Waals surface area (Å²) in [6.45, 7) is 0. The van der Waals surface area contributed by atoms with Gasteiger partial charge >= 0.3 is 6.18 Å². The first-order chi connectivity index (χ1) is 8.41. The van der Waals surface area contributed by atoms with Crippen LogP contribution in [0.15, 0.2) is 34.7 Å². The number of furan rings is 1. The van der Waals surface area contributed by atoms with Crippen molar-refractivity contribution in [2.24, 2.45) is 0 Å². The van der Waals surface area contributed by atoms with E-state index >= 15 is 0 Å². The fraction of sp³-hybridized carbons (Fsp3) is 0.0833. The van der Waals surface area contributed by atoms with Gasteiger partial charge in [0.15, 0.2) is 12.0 Å². The number of benzene rings is 1. The molecule has 1 aromatic heterocycles. The Bertz CT molecular complexity index is 587. The zero-order valence-corrected chi connectivity index (χ0v) is 9.55. The van der Waals surface area contributed by atoms with Crippen molar-refractivity contribution in [3.8, 4) is 11.3 Å². The third-order valence-electron chi connectivity index (χ3n) is 2.30. The molecule has 0 saturated carbocycles. The fourth-order valence-corrected chi connectivity index (χ4v) is 1.73. The lowest BCUT2D eigenvalue weighted by atomic mass is 10.1. The van der Waals surface area contributed by atoms with Gasteiger partial charge in [0.05, 0.1) is 10.6 Å². The summed E-state index contributed by atoms with van der Waals surface area (Å²) in [5.41, 5.74) is -0.531. The van der Waals surface area contributed by atoms with E-state index in [4.69, 9.17) is 16.0 Å². The van der Waals surface area contributed by atoms with Crippen molar-refractivity contribution in [1.29, 1.82) is 0 Å². The van der Waals surface area contributed by atoms with E-state index < -0.39 is 11.7 Å². The van der Waals surface area contributed by atoms with Crippen molar-refractivity contribution in [2.45, 2.75) is 6.18 Å². The molecule has 0 amide bonds. The van der Waals surface area contributed by atoms with Crippen LogP contribution in [0.25, 0.3) is 11.3 Å². The summed E-state index contributed by atoms with van der Waals surface area (Å²) in [4.78, 5) is 10.4. The van der Waals surface area contributed by atoms with Crippen LogP contribution in [0.4, 0.5) is 13.2 Å². The molecule has 94 valence electrons. The predicted molar refractivity (Wildman–Crippen MR) is 59.5 cm³/mol. The smallest absolute Gasteiger partial charge is 0.416 e. The lowest BCUT2D eigenvalue weighted by Gasteiger charge is -2.08. The van der Waals surface area contributed by atoms with Gasteiger partial charge in [0.2, 0.25) is 0 Å². The molecule has 2 rings (SSSR count). The van der Waals surface area contributed by atoms with Gasteiger partial charge in [0.25, 0.3) is 0 Å². The van der Waals surface area contributed by atoms with E-state index in [1.54, 1.807) is 0 Å². The van der Waals surface area contributed by atoms with Crippen LogP contribution in [0, 0.1) is 0 Å². The normalized spacial score (nSPS) is 11.6. The molecule has 0 spiro atoms. The molecule has 0 radical (unpaired) electrons. The highest BCUT2D eigenvalue weighted by molar-refractivity contribution is 6.33. The van der Waals surface area contributed by atoms with Crippen molar-refractivity contribution in [3.63, 3.8) is 0 Å². The van der Waals surface area contributed by atoms with Gasteiger partial charge in [-0.05, 0) is 30.3 Å². The monoisotopic (exact) mass is 274 g/mol. The molecular formula is C12H6ClF3O2. The molecule has 0 saturated heterocycles. The second-order valence-electron chi connectivity index (χ2n) is 3.51.